The van der Waals surface area contributed by atoms with Crippen LogP contribution in [0, 0.1) is 0 Å². The van der Waals surface area contributed by atoms with Crippen molar-refractivity contribution in [3.05, 3.63) is 35.5 Å². The molecule has 0 aromatic carbocycles. The van der Waals surface area contributed by atoms with Gasteiger partial charge in [0, 0.05) is 39.9 Å². The van der Waals surface area contributed by atoms with E-state index in [1.807, 2.05) is 0 Å². The standard InChI is InChI=1S/3C5H8O2.Ti/c3*1-4(6)3-5(2)7;/h3*3,6H,1-2H3;/b3*4-3-;. The Morgan fingerprint density at radius 2 is 0.682 bits per heavy atom. The Kier molecular flexibility index (Phi) is 22.5. The molecule has 0 fully saturated rings. The molecule has 0 heterocycles. The van der Waals surface area contributed by atoms with Crippen LogP contribution < -0.4 is 0 Å². The third kappa shape index (κ3) is 51.6. The van der Waals surface area contributed by atoms with Gasteiger partial charge in [-0.3, -0.25) is 14.4 Å². The summed E-state index contributed by atoms with van der Waals surface area (Å²) in [5, 5.41) is 25.1. The Hall–Kier alpha value is -1.66. The maximum absolute atomic E-state index is 10.0. The summed E-state index contributed by atoms with van der Waals surface area (Å²) in [6.45, 7) is 8.54. The fourth-order valence-electron chi connectivity index (χ4n) is 0.882. The molecular weight excluding hydrogens is 324 g/mol. The Labute approximate surface area is 146 Å². The van der Waals surface area contributed by atoms with Crippen LogP contribution in [0.1, 0.15) is 41.5 Å². The first kappa shape index (κ1) is 28.5. The minimum absolute atomic E-state index is 0. The second kappa shape index (κ2) is 17.4. The quantitative estimate of drug-likeness (QED) is 0.410. The molecule has 6 nitrogen and oxygen atoms in total. The van der Waals surface area contributed by atoms with E-state index in [1.54, 1.807) is 0 Å². The first-order valence-electron chi connectivity index (χ1n) is 6.02. The number of aliphatic hydroxyl groups excluding tert-OH is 3. The van der Waals surface area contributed by atoms with E-state index in [0.717, 1.165) is 0 Å². The number of carbonyl (C=O) groups is 3. The van der Waals surface area contributed by atoms with Crippen molar-refractivity contribution in [2.75, 3.05) is 0 Å². The van der Waals surface area contributed by atoms with Gasteiger partial charge < -0.3 is 15.3 Å². The molecule has 0 spiro atoms. The molecule has 0 aliphatic carbocycles. The van der Waals surface area contributed by atoms with Crippen LogP contribution in [0.3, 0.4) is 0 Å². The van der Waals surface area contributed by atoms with E-state index in [0.29, 0.717) is 0 Å². The van der Waals surface area contributed by atoms with Crippen molar-refractivity contribution in [2.24, 2.45) is 0 Å². The van der Waals surface area contributed by atoms with Gasteiger partial charge in [-0.15, -0.1) is 0 Å². The van der Waals surface area contributed by atoms with Crippen LogP contribution in [0.15, 0.2) is 35.5 Å². The average Bonchev–Trinajstić information content (AvgIpc) is 2.10. The van der Waals surface area contributed by atoms with Crippen molar-refractivity contribution < 1.29 is 51.4 Å². The number of hydrogen-bond donors (Lipinski definition) is 3. The van der Waals surface area contributed by atoms with Crippen molar-refractivity contribution in [3.8, 4) is 0 Å². The van der Waals surface area contributed by atoms with Gasteiger partial charge in [0.1, 0.15) is 0 Å². The molecule has 124 valence electrons. The zero-order valence-corrected chi connectivity index (χ0v) is 15.4. The van der Waals surface area contributed by atoms with Crippen LogP contribution in [-0.2, 0) is 36.1 Å². The van der Waals surface area contributed by atoms with Crippen LogP contribution in [-0.4, -0.2) is 32.7 Å². The van der Waals surface area contributed by atoms with Gasteiger partial charge in [-0.25, -0.2) is 0 Å². The summed E-state index contributed by atoms with van der Waals surface area (Å²) in [6.07, 6.45) is 3.50. The van der Waals surface area contributed by atoms with Gasteiger partial charge >= 0.3 is 0 Å². The zero-order valence-electron chi connectivity index (χ0n) is 13.8. The van der Waals surface area contributed by atoms with E-state index in [9.17, 15) is 14.4 Å². The van der Waals surface area contributed by atoms with Crippen molar-refractivity contribution in [1.29, 1.82) is 0 Å². The minimum Gasteiger partial charge on any atom is -0.512 e. The van der Waals surface area contributed by atoms with Crippen LogP contribution in [0.4, 0.5) is 0 Å². The number of aliphatic hydroxyl groups is 3. The first-order valence-corrected chi connectivity index (χ1v) is 6.02. The number of rotatable bonds is 3. The van der Waals surface area contributed by atoms with Gasteiger partial charge in [-0.05, 0) is 41.5 Å². The largest absolute Gasteiger partial charge is 0.512 e. The van der Waals surface area contributed by atoms with E-state index < -0.39 is 0 Å². The summed E-state index contributed by atoms with van der Waals surface area (Å²) in [6, 6.07) is 0. The number of allylic oxidation sites excluding steroid dienone is 6. The van der Waals surface area contributed by atoms with Gasteiger partial charge in [-0.2, -0.15) is 0 Å². The van der Waals surface area contributed by atoms with E-state index in [1.165, 1.54) is 59.8 Å². The third-order valence-corrected chi connectivity index (χ3v) is 1.24. The topological polar surface area (TPSA) is 112 Å². The number of carbonyl (C=O) groups excluding carboxylic acids is 3. The summed E-state index contributed by atoms with van der Waals surface area (Å²) in [7, 11) is 0. The van der Waals surface area contributed by atoms with Gasteiger partial charge in [0.05, 0.1) is 17.3 Å². The number of ketones is 3. The van der Waals surface area contributed by atoms with Gasteiger partial charge in [0.25, 0.3) is 0 Å². The number of hydrogen-bond acceptors (Lipinski definition) is 6. The Bertz CT molecular complexity index is 368. The Morgan fingerprint density at radius 1 is 0.545 bits per heavy atom. The van der Waals surface area contributed by atoms with Crippen LogP contribution >= 0.6 is 0 Å². The fraction of sp³-hybridized carbons (Fsp3) is 0.400. The zero-order chi connectivity index (χ0) is 17.6. The molecule has 0 saturated carbocycles. The van der Waals surface area contributed by atoms with Gasteiger partial charge in [0.2, 0.25) is 0 Å². The van der Waals surface area contributed by atoms with E-state index in [-0.39, 0.29) is 56.3 Å². The molecule has 7 heteroatoms. The monoisotopic (exact) mass is 348 g/mol. The minimum atomic E-state index is -0.125. The van der Waals surface area contributed by atoms with Crippen molar-refractivity contribution >= 4 is 17.3 Å². The molecule has 0 aliphatic heterocycles. The van der Waals surface area contributed by atoms with Crippen LogP contribution in [0.2, 0.25) is 0 Å². The summed E-state index contributed by atoms with van der Waals surface area (Å²) in [5.74, 6) is -0.187. The smallest absolute Gasteiger partial charge is 0.155 e. The molecule has 0 unspecified atom stereocenters. The van der Waals surface area contributed by atoms with Crippen molar-refractivity contribution in [2.45, 2.75) is 41.5 Å². The maximum Gasteiger partial charge on any atom is 0.155 e. The Balaban J connectivity index is -0.000000108. The van der Waals surface area contributed by atoms with Gasteiger partial charge in [-0.1, -0.05) is 0 Å². The second-order valence-electron chi connectivity index (χ2n) is 4.19. The van der Waals surface area contributed by atoms with E-state index >= 15 is 0 Å². The predicted octanol–water partition coefficient (Wildman–Crippen LogP) is 3.11. The molecular formula is C15H24O6Ti. The molecule has 0 aliphatic rings. The SMILES string of the molecule is CC(=O)/C=C(/C)O.CC(=O)/C=C(/C)O.CC(=O)/C=C(/C)O.[Ti]. The second-order valence-corrected chi connectivity index (χ2v) is 4.19. The average molecular weight is 348 g/mol. The molecule has 0 aromatic rings. The molecule has 22 heavy (non-hydrogen) atoms. The first-order chi connectivity index (χ1) is 9.38. The van der Waals surface area contributed by atoms with Crippen LogP contribution in [0.25, 0.3) is 0 Å². The summed E-state index contributed by atoms with van der Waals surface area (Å²) in [5.41, 5.74) is 0. The molecule has 0 rings (SSSR count). The summed E-state index contributed by atoms with van der Waals surface area (Å²) in [4.78, 5) is 30.1. The van der Waals surface area contributed by atoms with Crippen LogP contribution in [0.5, 0.6) is 0 Å². The predicted molar refractivity (Wildman–Crippen MR) is 81.2 cm³/mol. The molecule has 0 saturated heterocycles. The van der Waals surface area contributed by atoms with Crippen molar-refractivity contribution in [1.82, 2.24) is 0 Å². The van der Waals surface area contributed by atoms with Crippen molar-refractivity contribution in [3.63, 3.8) is 0 Å². The van der Waals surface area contributed by atoms with Gasteiger partial charge in [0.15, 0.2) is 17.3 Å². The normalized spacial score (nSPS) is 10.9. The summed E-state index contributed by atoms with van der Waals surface area (Å²) < 4.78 is 0. The Morgan fingerprint density at radius 3 is 0.682 bits per heavy atom. The molecule has 0 bridgehead atoms. The molecule has 0 aromatic heterocycles. The fourth-order valence-corrected chi connectivity index (χ4v) is 0.882. The van der Waals surface area contributed by atoms with E-state index in [2.05, 4.69) is 0 Å². The maximum atomic E-state index is 10.0. The summed E-state index contributed by atoms with van der Waals surface area (Å²) >= 11 is 0. The molecule has 0 radical (unpaired) electrons. The molecule has 0 amide bonds. The molecule has 3 N–H and O–H groups in total. The molecule has 0 atom stereocenters. The van der Waals surface area contributed by atoms with E-state index in [4.69, 9.17) is 15.3 Å². The third-order valence-electron chi connectivity index (χ3n) is 1.24.